The van der Waals surface area contributed by atoms with Gasteiger partial charge in [-0.05, 0) is 30.2 Å². The van der Waals surface area contributed by atoms with Crippen LogP contribution in [0.1, 0.15) is 24.5 Å². The van der Waals surface area contributed by atoms with E-state index in [1.54, 1.807) is 0 Å². The maximum atomic E-state index is 3.70. The van der Waals surface area contributed by atoms with Gasteiger partial charge in [0.05, 0.1) is 6.17 Å². The van der Waals surface area contributed by atoms with E-state index in [9.17, 15) is 0 Å². The van der Waals surface area contributed by atoms with Gasteiger partial charge in [0, 0.05) is 17.6 Å². The second-order valence-electron chi connectivity index (χ2n) is 6.15. The van der Waals surface area contributed by atoms with Crippen molar-refractivity contribution in [3.05, 3.63) is 65.7 Å². The molecule has 2 aromatic rings. The van der Waals surface area contributed by atoms with Crippen LogP contribution in [0.4, 0.5) is 5.69 Å². The Kier molecular flexibility index (Phi) is 2.61. The maximum Gasteiger partial charge on any atom is 0.0896 e. The van der Waals surface area contributed by atoms with Crippen LogP contribution in [0.15, 0.2) is 54.6 Å². The third kappa shape index (κ3) is 1.61. The molecule has 4 rings (SSSR count). The molecule has 2 aliphatic rings. The number of hydrogen-bond acceptors (Lipinski definition) is 2. The molecule has 1 saturated heterocycles. The molecule has 0 bridgehead atoms. The molecule has 1 fully saturated rings. The smallest absolute Gasteiger partial charge is 0.0896 e. The van der Waals surface area contributed by atoms with Gasteiger partial charge in [-0.25, -0.2) is 0 Å². The summed E-state index contributed by atoms with van der Waals surface area (Å²) < 4.78 is 0. The third-order valence-electron chi connectivity index (χ3n) is 4.92. The van der Waals surface area contributed by atoms with Crippen molar-refractivity contribution in [3.8, 4) is 0 Å². The minimum atomic E-state index is 0.255. The Balaban J connectivity index is 1.76. The molecule has 20 heavy (non-hydrogen) atoms. The minimum absolute atomic E-state index is 0.255. The summed E-state index contributed by atoms with van der Waals surface area (Å²) in [6, 6.07) is 19.7. The average Bonchev–Trinajstić information content (AvgIpc) is 2.97. The Morgan fingerprint density at radius 1 is 1.10 bits per heavy atom. The van der Waals surface area contributed by atoms with Gasteiger partial charge in [-0.2, -0.15) is 0 Å². The van der Waals surface area contributed by atoms with Gasteiger partial charge in [-0.3, -0.25) is 5.32 Å². The highest BCUT2D eigenvalue weighted by Crippen LogP contribution is 2.48. The second-order valence-corrected chi connectivity index (χ2v) is 6.15. The lowest BCUT2D eigenvalue weighted by Crippen LogP contribution is -2.46. The maximum absolute atomic E-state index is 3.70. The Bertz CT molecular complexity index is 622. The molecule has 0 saturated carbocycles. The van der Waals surface area contributed by atoms with Gasteiger partial charge in [0.25, 0.3) is 0 Å². The van der Waals surface area contributed by atoms with Crippen LogP contribution in [-0.4, -0.2) is 12.7 Å². The Labute approximate surface area is 120 Å². The number of benzene rings is 2. The zero-order chi connectivity index (χ0) is 13.6. The van der Waals surface area contributed by atoms with Crippen molar-refractivity contribution in [3.63, 3.8) is 0 Å². The van der Waals surface area contributed by atoms with Crippen molar-refractivity contribution in [2.24, 2.45) is 0 Å². The first-order chi connectivity index (χ1) is 9.79. The number of fused-ring (bicyclic) bond motifs is 3. The van der Waals surface area contributed by atoms with Gasteiger partial charge < -0.3 is 4.90 Å². The summed E-state index contributed by atoms with van der Waals surface area (Å²) in [5, 5.41) is 3.70. The van der Waals surface area contributed by atoms with Crippen molar-refractivity contribution in [1.29, 1.82) is 0 Å². The molecule has 2 heteroatoms. The minimum Gasteiger partial charge on any atom is -0.351 e. The summed E-state index contributed by atoms with van der Waals surface area (Å²) in [6.07, 6.45) is 1.65. The van der Waals surface area contributed by atoms with Crippen LogP contribution in [0.2, 0.25) is 0 Å². The highest BCUT2D eigenvalue weighted by atomic mass is 15.3. The van der Waals surface area contributed by atoms with Crippen LogP contribution < -0.4 is 10.2 Å². The lowest BCUT2D eigenvalue weighted by molar-refractivity contribution is 0.417. The van der Waals surface area contributed by atoms with E-state index in [0.29, 0.717) is 6.17 Å². The first-order valence-electron chi connectivity index (χ1n) is 7.42. The zero-order valence-corrected chi connectivity index (χ0v) is 11.8. The fourth-order valence-electron chi connectivity index (χ4n) is 3.87. The Morgan fingerprint density at radius 2 is 1.85 bits per heavy atom. The number of hydrogen-bond donors (Lipinski definition) is 1. The summed E-state index contributed by atoms with van der Waals surface area (Å²) in [5.41, 5.74) is 4.54. The number of anilines is 1. The van der Waals surface area contributed by atoms with Crippen LogP contribution in [0.5, 0.6) is 0 Å². The Hall–Kier alpha value is -1.80. The summed E-state index contributed by atoms with van der Waals surface area (Å²) in [7, 11) is 0. The fourth-order valence-corrected chi connectivity index (χ4v) is 3.87. The number of nitrogens with one attached hydrogen (secondary N) is 1. The lowest BCUT2D eigenvalue weighted by atomic mass is 9.81. The molecule has 2 aliphatic heterocycles. The second kappa shape index (κ2) is 4.35. The molecule has 102 valence electrons. The lowest BCUT2D eigenvalue weighted by Gasteiger charge is -2.31. The van der Waals surface area contributed by atoms with Gasteiger partial charge in [-0.15, -0.1) is 0 Å². The molecule has 2 aromatic carbocycles. The largest absolute Gasteiger partial charge is 0.351 e. The molecule has 1 N–H and O–H groups in total. The molecule has 0 aliphatic carbocycles. The fraction of sp³-hybridized carbons (Fsp3) is 0.333. The predicted octanol–water partition coefficient (Wildman–Crippen LogP) is 3.28. The predicted molar refractivity (Wildman–Crippen MR) is 82.8 cm³/mol. The molecule has 2 atom stereocenters. The molecule has 2 heterocycles. The van der Waals surface area contributed by atoms with Gasteiger partial charge in [0.15, 0.2) is 0 Å². The van der Waals surface area contributed by atoms with Gasteiger partial charge in [-0.1, -0.05) is 55.5 Å². The standard InChI is InChI=1S/C18H20N2/c1-18-11-12-19-17(18)20(13-14-7-3-2-4-8-14)16-10-6-5-9-15(16)18/h2-10,17,19H,11-13H2,1H3. The van der Waals surface area contributed by atoms with Crippen LogP contribution >= 0.6 is 0 Å². The van der Waals surface area contributed by atoms with E-state index in [1.807, 2.05) is 0 Å². The number of nitrogens with zero attached hydrogens (tertiary/aromatic N) is 1. The first-order valence-corrected chi connectivity index (χ1v) is 7.42. The summed E-state index contributed by atoms with van der Waals surface area (Å²) >= 11 is 0. The van der Waals surface area contributed by atoms with Crippen LogP contribution in [0.3, 0.4) is 0 Å². The van der Waals surface area contributed by atoms with E-state index in [0.717, 1.165) is 13.1 Å². The molecule has 0 radical (unpaired) electrons. The van der Waals surface area contributed by atoms with E-state index < -0.39 is 0 Å². The van der Waals surface area contributed by atoms with E-state index in [-0.39, 0.29) is 5.41 Å². The summed E-state index contributed by atoms with van der Waals surface area (Å²) in [4.78, 5) is 2.54. The third-order valence-corrected chi connectivity index (χ3v) is 4.92. The van der Waals surface area contributed by atoms with Crippen molar-refractivity contribution < 1.29 is 0 Å². The normalized spacial score (nSPS) is 27.4. The number of para-hydroxylation sites is 1. The molecule has 0 aromatic heterocycles. The van der Waals surface area contributed by atoms with Crippen LogP contribution in [0, 0.1) is 0 Å². The van der Waals surface area contributed by atoms with Gasteiger partial charge in [0.2, 0.25) is 0 Å². The highest BCUT2D eigenvalue weighted by molar-refractivity contribution is 5.64. The van der Waals surface area contributed by atoms with Crippen molar-refractivity contribution in [2.45, 2.75) is 31.5 Å². The van der Waals surface area contributed by atoms with Crippen LogP contribution in [0.25, 0.3) is 0 Å². The first kappa shape index (κ1) is 12.0. The van der Waals surface area contributed by atoms with Gasteiger partial charge in [0.1, 0.15) is 0 Å². The topological polar surface area (TPSA) is 15.3 Å². The molecule has 2 unspecified atom stereocenters. The van der Waals surface area contributed by atoms with Crippen molar-refractivity contribution >= 4 is 5.69 Å². The molecule has 2 nitrogen and oxygen atoms in total. The van der Waals surface area contributed by atoms with E-state index in [4.69, 9.17) is 0 Å². The van der Waals surface area contributed by atoms with E-state index >= 15 is 0 Å². The quantitative estimate of drug-likeness (QED) is 0.895. The summed E-state index contributed by atoms with van der Waals surface area (Å²) in [6.45, 7) is 4.49. The van der Waals surface area contributed by atoms with E-state index in [1.165, 1.54) is 23.2 Å². The number of rotatable bonds is 2. The van der Waals surface area contributed by atoms with E-state index in [2.05, 4.69) is 71.7 Å². The molecular weight excluding hydrogens is 244 g/mol. The van der Waals surface area contributed by atoms with Crippen molar-refractivity contribution in [2.75, 3.05) is 11.4 Å². The molecular formula is C18H20N2. The SMILES string of the molecule is CC12CCNC1N(Cc1ccccc1)c1ccccc12. The highest BCUT2D eigenvalue weighted by Gasteiger charge is 2.50. The molecule has 0 spiro atoms. The molecule has 0 amide bonds. The zero-order valence-electron chi connectivity index (χ0n) is 11.8. The Morgan fingerprint density at radius 3 is 2.70 bits per heavy atom. The van der Waals surface area contributed by atoms with Gasteiger partial charge >= 0.3 is 0 Å². The summed E-state index contributed by atoms with van der Waals surface area (Å²) in [5.74, 6) is 0. The van der Waals surface area contributed by atoms with Crippen molar-refractivity contribution in [1.82, 2.24) is 5.32 Å². The monoisotopic (exact) mass is 264 g/mol. The van der Waals surface area contributed by atoms with Crippen LogP contribution in [-0.2, 0) is 12.0 Å². The average molecular weight is 264 g/mol.